The van der Waals surface area contributed by atoms with E-state index in [0.29, 0.717) is 6.54 Å². The number of ether oxygens (including phenoxy) is 1. The normalized spacial score (nSPS) is 24.0. The molecular formula is C19H24N4O. The maximum absolute atomic E-state index is 5.99. The lowest BCUT2D eigenvalue weighted by molar-refractivity contribution is 0.0400. The number of allylic oxidation sites excluding steroid dienone is 2. The van der Waals surface area contributed by atoms with E-state index in [1.165, 1.54) is 16.8 Å². The molecule has 0 spiro atoms. The summed E-state index contributed by atoms with van der Waals surface area (Å²) in [6.07, 6.45) is 6.82. The lowest BCUT2D eigenvalue weighted by atomic mass is 10.0. The molecule has 0 bridgehead atoms. The second-order valence-corrected chi connectivity index (χ2v) is 6.32. The number of rotatable bonds is 4. The third-order valence-electron chi connectivity index (χ3n) is 4.81. The molecule has 3 aliphatic rings. The molecule has 1 atom stereocenters. The monoisotopic (exact) mass is 324 g/mol. The molecule has 1 saturated heterocycles. The Labute approximate surface area is 143 Å². The average molecular weight is 324 g/mol. The van der Waals surface area contributed by atoms with Gasteiger partial charge in [-0.15, -0.1) is 0 Å². The van der Waals surface area contributed by atoms with Crippen molar-refractivity contribution in [2.24, 2.45) is 5.73 Å². The van der Waals surface area contributed by atoms with Crippen LogP contribution in [0.1, 0.15) is 5.56 Å². The number of nitrogens with one attached hydrogen (secondary N) is 1. The Morgan fingerprint density at radius 2 is 1.96 bits per heavy atom. The van der Waals surface area contributed by atoms with E-state index in [1.54, 1.807) is 0 Å². The molecule has 3 heterocycles. The Hall–Kier alpha value is -2.08. The van der Waals surface area contributed by atoms with Crippen molar-refractivity contribution in [3.8, 4) is 0 Å². The molecule has 3 aliphatic heterocycles. The zero-order valence-electron chi connectivity index (χ0n) is 13.8. The summed E-state index contributed by atoms with van der Waals surface area (Å²) in [7, 11) is 0. The van der Waals surface area contributed by atoms with Crippen LogP contribution in [0, 0.1) is 0 Å². The zero-order chi connectivity index (χ0) is 16.4. The molecule has 0 radical (unpaired) electrons. The maximum Gasteiger partial charge on any atom is 0.122 e. The van der Waals surface area contributed by atoms with E-state index in [0.717, 1.165) is 38.5 Å². The van der Waals surface area contributed by atoms with Gasteiger partial charge in [0.15, 0.2) is 0 Å². The Bertz CT molecular complexity index is 674. The number of hydrogen-bond donors (Lipinski definition) is 2. The van der Waals surface area contributed by atoms with Crippen LogP contribution in [-0.2, 0) is 4.74 Å². The van der Waals surface area contributed by atoms with Gasteiger partial charge in [-0.2, -0.15) is 0 Å². The maximum atomic E-state index is 5.99. The van der Waals surface area contributed by atoms with Gasteiger partial charge in [-0.3, -0.25) is 4.90 Å². The summed E-state index contributed by atoms with van der Waals surface area (Å²) in [5.74, 6) is 0. The first-order valence-electron chi connectivity index (χ1n) is 8.57. The molecule has 1 unspecified atom stereocenters. The molecule has 0 aromatic heterocycles. The van der Waals surface area contributed by atoms with Gasteiger partial charge in [-0.1, -0.05) is 36.4 Å². The van der Waals surface area contributed by atoms with Gasteiger partial charge in [0.1, 0.15) is 6.17 Å². The van der Waals surface area contributed by atoms with Crippen molar-refractivity contribution in [2.75, 3.05) is 39.4 Å². The van der Waals surface area contributed by atoms with Crippen molar-refractivity contribution in [1.82, 2.24) is 15.1 Å². The quantitative estimate of drug-likeness (QED) is 0.875. The number of benzene rings is 1. The standard InChI is InChI=1S/C19H24N4O/c20-12-17-18(14-22-8-10-24-11-9-22)23-13-16(6-7-19(23)21-17)15-4-2-1-3-5-15/h1-7,13,19,21H,8-12,14,20H2. The molecule has 5 heteroatoms. The van der Waals surface area contributed by atoms with Crippen molar-refractivity contribution in [3.05, 3.63) is 65.6 Å². The van der Waals surface area contributed by atoms with Crippen molar-refractivity contribution in [1.29, 1.82) is 0 Å². The van der Waals surface area contributed by atoms with Crippen molar-refractivity contribution in [3.63, 3.8) is 0 Å². The zero-order valence-corrected chi connectivity index (χ0v) is 13.8. The van der Waals surface area contributed by atoms with Crippen LogP contribution in [0.15, 0.2) is 60.1 Å². The van der Waals surface area contributed by atoms with Gasteiger partial charge in [0.25, 0.3) is 0 Å². The lowest BCUT2D eigenvalue weighted by Gasteiger charge is -2.32. The second kappa shape index (κ2) is 6.81. The molecule has 0 amide bonds. The highest BCUT2D eigenvalue weighted by Gasteiger charge is 2.31. The van der Waals surface area contributed by atoms with Gasteiger partial charge in [-0.25, -0.2) is 0 Å². The molecule has 4 rings (SSSR count). The van der Waals surface area contributed by atoms with Crippen LogP contribution in [0.3, 0.4) is 0 Å². The molecule has 24 heavy (non-hydrogen) atoms. The Morgan fingerprint density at radius 3 is 2.71 bits per heavy atom. The predicted molar refractivity (Wildman–Crippen MR) is 95.7 cm³/mol. The fourth-order valence-electron chi connectivity index (χ4n) is 3.47. The van der Waals surface area contributed by atoms with Crippen molar-refractivity contribution < 1.29 is 4.74 Å². The Kier molecular flexibility index (Phi) is 4.38. The molecular weight excluding hydrogens is 300 g/mol. The first kappa shape index (κ1) is 15.4. The summed E-state index contributed by atoms with van der Waals surface area (Å²) >= 11 is 0. The highest BCUT2D eigenvalue weighted by atomic mass is 16.5. The van der Waals surface area contributed by atoms with E-state index in [2.05, 4.69) is 57.7 Å². The van der Waals surface area contributed by atoms with Crippen LogP contribution in [0.4, 0.5) is 0 Å². The van der Waals surface area contributed by atoms with Gasteiger partial charge >= 0.3 is 0 Å². The third kappa shape index (κ3) is 2.98. The Morgan fingerprint density at radius 1 is 1.17 bits per heavy atom. The third-order valence-corrected chi connectivity index (χ3v) is 4.81. The number of nitrogens with zero attached hydrogens (tertiary/aromatic N) is 2. The van der Waals surface area contributed by atoms with Crippen LogP contribution in [-0.4, -0.2) is 55.4 Å². The summed E-state index contributed by atoms with van der Waals surface area (Å²) in [4.78, 5) is 4.77. The minimum atomic E-state index is 0.173. The smallest absolute Gasteiger partial charge is 0.122 e. The minimum absolute atomic E-state index is 0.173. The molecule has 1 fully saturated rings. The molecule has 126 valence electrons. The van der Waals surface area contributed by atoms with E-state index >= 15 is 0 Å². The molecule has 1 aromatic carbocycles. The number of hydrogen-bond acceptors (Lipinski definition) is 5. The van der Waals surface area contributed by atoms with Crippen LogP contribution in [0.5, 0.6) is 0 Å². The molecule has 3 N–H and O–H groups in total. The van der Waals surface area contributed by atoms with E-state index in [4.69, 9.17) is 10.5 Å². The van der Waals surface area contributed by atoms with Crippen molar-refractivity contribution in [2.45, 2.75) is 6.17 Å². The topological polar surface area (TPSA) is 53.8 Å². The van der Waals surface area contributed by atoms with Crippen LogP contribution < -0.4 is 11.1 Å². The second-order valence-electron chi connectivity index (χ2n) is 6.32. The van der Waals surface area contributed by atoms with Crippen LogP contribution in [0.25, 0.3) is 5.57 Å². The summed E-state index contributed by atoms with van der Waals surface area (Å²) < 4.78 is 5.46. The van der Waals surface area contributed by atoms with Crippen LogP contribution >= 0.6 is 0 Å². The summed E-state index contributed by atoms with van der Waals surface area (Å²) in [6.45, 7) is 5.02. The SMILES string of the molecule is NCC1=C(CN2CCOCC2)N2C=C(c3ccccc3)C=CC2N1. The molecule has 5 nitrogen and oxygen atoms in total. The first-order chi connectivity index (χ1) is 11.8. The number of fused-ring (bicyclic) bond motifs is 1. The van der Waals surface area contributed by atoms with Crippen molar-refractivity contribution >= 4 is 5.57 Å². The lowest BCUT2D eigenvalue weighted by Crippen LogP contribution is -2.40. The van der Waals surface area contributed by atoms with E-state index in [-0.39, 0.29) is 6.17 Å². The summed E-state index contributed by atoms with van der Waals surface area (Å²) in [6, 6.07) is 10.5. The fraction of sp³-hybridized carbons (Fsp3) is 0.368. The average Bonchev–Trinajstić information content (AvgIpc) is 3.00. The largest absolute Gasteiger partial charge is 0.379 e. The minimum Gasteiger partial charge on any atom is -0.379 e. The van der Waals surface area contributed by atoms with Gasteiger partial charge < -0.3 is 20.7 Å². The van der Waals surface area contributed by atoms with Gasteiger partial charge in [0.2, 0.25) is 0 Å². The van der Waals surface area contributed by atoms with E-state index in [1.807, 2.05) is 6.07 Å². The van der Waals surface area contributed by atoms with E-state index in [9.17, 15) is 0 Å². The van der Waals surface area contributed by atoms with Gasteiger partial charge in [0.05, 0.1) is 18.9 Å². The highest BCUT2D eigenvalue weighted by molar-refractivity contribution is 5.75. The fourth-order valence-corrected chi connectivity index (χ4v) is 3.47. The summed E-state index contributed by atoms with van der Waals surface area (Å²) in [5, 5.41) is 3.55. The Balaban J connectivity index is 1.60. The summed E-state index contributed by atoms with van der Waals surface area (Å²) in [5.41, 5.74) is 10.9. The van der Waals surface area contributed by atoms with Gasteiger partial charge in [0, 0.05) is 38.1 Å². The first-order valence-corrected chi connectivity index (χ1v) is 8.57. The highest BCUT2D eigenvalue weighted by Crippen LogP contribution is 2.30. The number of morpholine rings is 1. The van der Waals surface area contributed by atoms with Crippen LogP contribution in [0.2, 0.25) is 0 Å². The number of nitrogens with two attached hydrogens (primary N) is 1. The predicted octanol–water partition coefficient (Wildman–Crippen LogP) is 1.33. The molecule has 0 aliphatic carbocycles. The molecule has 0 saturated carbocycles. The van der Waals surface area contributed by atoms with E-state index < -0.39 is 0 Å². The van der Waals surface area contributed by atoms with Gasteiger partial charge in [-0.05, 0) is 17.2 Å². The molecule has 1 aromatic rings.